The molecule has 0 saturated carbocycles. The molecular formula is C12H12Br2F2O. The molecule has 5 heteroatoms. The van der Waals surface area contributed by atoms with Gasteiger partial charge in [-0.15, -0.1) is 0 Å². The van der Waals surface area contributed by atoms with Gasteiger partial charge in [-0.2, -0.15) is 0 Å². The second kappa shape index (κ2) is 5.33. The van der Waals surface area contributed by atoms with Crippen LogP contribution >= 0.6 is 31.9 Å². The minimum absolute atomic E-state index is 0.143. The SMILES string of the molecule is Fc1ccc(Br)c(F)c1CC1(CBr)CCOC1. The highest BCUT2D eigenvalue weighted by molar-refractivity contribution is 9.10. The molecule has 17 heavy (non-hydrogen) atoms. The van der Waals surface area contributed by atoms with Crippen LogP contribution in [-0.2, 0) is 11.2 Å². The van der Waals surface area contributed by atoms with Gasteiger partial charge in [0.15, 0.2) is 0 Å². The molecule has 0 aromatic heterocycles. The monoisotopic (exact) mass is 368 g/mol. The summed E-state index contributed by atoms with van der Waals surface area (Å²) in [5.41, 5.74) is -0.0491. The van der Waals surface area contributed by atoms with Gasteiger partial charge in [-0.3, -0.25) is 0 Å². The van der Waals surface area contributed by atoms with Gasteiger partial charge in [-0.25, -0.2) is 8.78 Å². The molecule has 0 bridgehead atoms. The van der Waals surface area contributed by atoms with E-state index in [9.17, 15) is 8.78 Å². The maximum atomic E-state index is 13.9. The molecule has 2 rings (SSSR count). The number of benzene rings is 1. The van der Waals surface area contributed by atoms with Crippen molar-refractivity contribution in [1.82, 2.24) is 0 Å². The van der Waals surface area contributed by atoms with Gasteiger partial charge in [0.1, 0.15) is 11.6 Å². The molecule has 1 atom stereocenters. The minimum atomic E-state index is -0.503. The first-order chi connectivity index (χ1) is 8.08. The van der Waals surface area contributed by atoms with E-state index < -0.39 is 11.6 Å². The van der Waals surface area contributed by atoms with Gasteiger partial charge in [0.05, 0.1) is 11.1 Å². The third-order valence-electron chi connectivity index (χ3n) is 3.16. The van der Waals surface area contributed by atoms with E-state index in [0.29, 0.717) is 29.4 Å². The number of halogens is 4. The summed E-state index contributed by atoms with van der Waals surface area (Å²) in [6, 6.07) is 2.68. The Bertz CT molecular complexity index is 417. The molecule has 94 valence electrons. The fraction of sp³-hybridized carbons (Fsp3) is 0.500. The van der Waals surface area contributed by atoms with Crippen molar-refractivity contribution in [2.45, 2.75) is 12.8 Å². The highest BCUT2D eigenvalue weighted by atomic mass is 79.9. The van der Waals surface area contributed by atoms with Gasteiger partial charge in [0.25, 0.3) is 0 Å². The van der Waals surface area contributed by atoms with Gasteiger partial charge in [-0.05, 0) is 40.9 Å². The molecule has 1 unspecified atom stereocenters. The van der Waals surface area contributed by atoms with Crippen molar-refractivity contribution in [2.75, 3.05) is 18.5 Å². The van der Waals surface area contributed by atoms with Crippen LogP contribution in [-0.4, -0.2) is 18.5 Å². The lowest BCUT2D eigenvalue weighted by atomic mass is 9.83. The first kappa shape index (κ1) is 13.4. The Morgan fingerprint density at radius 2 is 2.12 bits per heavy atom. The van der Waals surface area contributed by atoms with Crippen LogP contribution in [0.15, 0.2) is 16.6 Å². The molecule has 1 saturated heterocycles. The van der Waals surface area contributed by atoms with E-state index in [2.05, 4.69) is 31.9 Å². The Morgan fingerprint density at radius 1 is 1.35 bits per heavy atom. The third-order valence-corrected chi connectivity index (χ3v) is 4.96. The number of hydrogen-bond donors (Lipinski definition) is 0. The maximum absolute atomic E-state index is 13.9. The average molecular weight is 370 g/mol. The first-order valence-electron chi connectivity index (χ1n) is 5.34. The topological polar surface area (TPSA) is 9.23 Å². The van der Waals surface area contributed by atoms with Crippen molar-refractivity contribution in [1.29, 1.82) is 0 Å². The van der Waals surface area contributed by atoms with Gasteiger partial charge in [0, 0.05) is 22.9 Å². The lowest BCUT2D eigenvalue weighted by Crippen LogP contribution is -2.27. The van der Waals surface area contributed by atoms with Crippen LogP contribution in [0.1, 0.15) is 12.0 Å². The summed E-state index contributed by atoms with van der Waals surface area (Å²) >= 11 is 6.51. The van der Waals surface area contributed by atoms with Crippen LogP contribution in [0.4, 0.5) is 8.78 Å². The van der Waals surface area contributed by atoms with E-state index in [1.54, 1.807) is 0 Å². The molecule has 1 aliphatic rings. The van der Waals surface area contributed by atoms with Crippen LogP contribution in [0.3, 0.4) is 0 Å². The summed E-state index contributed by atoms with van der Waals surface area (Å²) in [6.45, 7) is 1.20. The number of ether oxygens (including phenoxy) is 1. The lowest BCUT2D eigenvalue weighted by molar-refractivity contribution is 0.161. The molecule has 1 fully saturated rings. The van der Waals surface area contributed by atoms with E-state index in [0.717, 1.165) is 6.42 Å². The molecule has 1 nitrogen and oxygen atoms in total. The molecule has 0 amide bonds. The summed E-state index contributed by atoms with van der Waals surface area (Å²) in [5, 5.41) is 0.686. The number of hydrogen-bond acceptors (Lipinski definition) is 1. The van der Waals surface area contributed by atoms with Crippen LogP contribution in [0.25, 0.3) is 0 Å². The summed E-state index contributed by atoms with van der Waals surface area (Å²) in [5.74, 6) is -0.991. The van der Waals surface area contributed by atoms with Crippen LogP contribution in [0, 0.1) is 17.0 Å². The van der Waals surface area contributed by atoms with Gasteiger partial charge in [-0.1, -0.05) is 15.9 Å². The highest BCUT2D eigenvalue weighted by Gasteiger charge is 2.36. The van der Waals surface area contributed by atoms with Crippen molar-refractivity contribution < 1.29 is 13.5 Å². The van der Waals surface area contributed by atoms with E-state index in [1.807, 2.05) is 0 Å². The van der Waals surface area contributed by atoms with Gasteiger partial charge in [0.2, 0.25) is 0 Å². The zero-order chi connectivity index (χ0) is 12.5. The number of alkyl halides is 1. The molecule has 0 spiro atoms. The van der Waals surface area contributed by atoms with Gasteiger partial charge < -0.3 is 4.74 Å². The standard InChI is InChI=1S/C12H12Br2F2O/c13-6-12(3-4-17-7-12)5-8-10(15)2-1-9(14)11(8)16/h1-2H,3-7H2. The van der Waals surface area contributed by atoms with Crippen LogP contribution in [0.5, 0.6) is 0 Å². The lowest BCUT2D eigenvalue weighted by Gasteiger charge is -2.25. The van der Waals surface area contributed by atoms with E-state index in [4.69, 9.17) is 4.74 Å². The quantitative estimate of drug-likeness (QED) is 0.576. The molecule has 0 N–H and O–H groups in total. The zero-order valence-corrected chi connectivity index (χ0v) is 12.3. The summed E-state index contributed by atoms with van der Waals surface area (Å²) in [4.78, 5) is 0. The highest BCUT2D eigenvalue weighted by Crippen LogP contribution is 2.36. The third kappa shape index (κ3) is 2.71. The van der Waals surface area contributed by atoms with Crippen molar-refractivity contribution in [2.24, 2.45) is 5.41 Å². The van der Waals surface area contributed by atoms with Crippen LogP contribution < -0.4 is 0 Å². The first-order valence-corrected chi connectivity index (χ1v) is 7.25. The van der Waals surface area contributed by atoms with E-state index >= 15 is 0 Å². The molecule has 0 radical (unpaired) electrons. The van der Waals surface area contributed by atoms with Crippen molar-refractivity contribution in [3.8, 4) is 0 Å². The predicted molar refractivity (Wildman–Crippen MR) is 69.4 cm³/mol. The van der Waals surface area contributed by atoms with Crippen molar-refractivity contribution in [3.05, 3.63) is 33.8 Å². The number of rotatable bonds is 3. The van der Waals surface area contributed by atoms with E-state index in [-0.39, 0.29) is 11.0 Å². The molecule has 1 aliphatic heterocycles. The maximum Gasteiger partial charge on any atom is 0.143 e. The second-order valence-electron chi connectivity index (χ2n) is 4.43. The average Bonchev–Trinajstić information content (AvgIpc) is 2.79. The second-order valence-corrected chi connectivity index (χ2v) is 5.85. The molecular weight excluding hydrogens is 358 g/mol. The molecule has 1 aromatic rings. The Hall–Kier alpha value is -0.000000000000000132. The minimum Gasteiger partial charge on any atom is -0.381 e. The summed E-state index contributed by atoms with van der Waals surface area (Å²) in [6.07, 6.45) is 1.18. The smallest absolute Gasteiger partial charge is 0.143 e. The normalized spacial score (nSPS) is 24.2. The van der Waals surface area contributed by atoms with E-state index in [1.165, 1.54) is 12.1 Å². The molecule has 0 aliphatic carbocycles. The molecule has 1 aromatic carbocycles. The fourth-order valence-corrected chi connectivity index (χ4v) is 3.06. The Kier molecular flexibility index (Phi) is 4.21. The van der Waals surface area contributed by atoms with Crippen molar-refractivity contribution in [3.63, 3.8) is 0 Å². The van der Waals surface area contributed by atoms with Gasteiger partial charge >= 0.3 is 0 Å². The summed E-state index contributed by atoms with van der Waals surface area (Å²) < 4.78 is 33.2. The van der Waals surface area contributed by atoms with Crippen molar-refractivity contribution >= 4 is 31.9 Å². The Morgan fingerprint density at radius 3 is 2.71 bits per heavy atom. The molecule has 1 heterocycles. The largest absolute Gasteiger partial charge is 0.381 e. The fourth-order valence-electron chi connectivity index (χ4n) is 2.05. The Labute approximate surface area is 116 Å². The zero-order valence-electron chi connectivity index (χ0n) is 9.11. The Balaban J connectivity index is 2.32. The predicted octanol–water partition coefficient (Wildman–Crippen LogP) is 4.07. The van der Waals surface area contributed by atoms with Crippen LogP contribution in [0.2, 0.25) is 0 Å². The summed E-state index contributed by atoms with van der Waals surface area (Å²) in [7, 11) is 0.